The first-order chi connectivity index (χ1) is 33.5. The fraction of sp³-hybridized carbons (Fsp3) is 0.0625. The zero-order chi connectivity index (χ0) is 45.9. The van der Waals surface area contributed by atoms with Crippen LogP contribution in [0.1, 0.15) is 11.1 Å². The molecule has 0 amide bonds. The van der Waals surface area contributed by atoms with Crippen LogP contribution < -0.4 is 9.47 Å². The van der Waals surface area contributed by atoms with Gasteiger partial charge in [-0.15, -0.1) is 0 Å². The van der Waals surface area contributed by atoms with Crippen LogP contribution in [-0.4, -0.2) is 24.4 Å². The fourth-order valence-corrected chi connectivity index (χ4v) is 10.4. The van der Waals surface area contributed by atoms with Crippen molar-refractivity contribution >= 4 is 64.6 Å². The maximum atomic E-state index is 10.0. The van der Waals surface area contributed by atoms with Crippen molar-refractivity contribution in [2.45, 2.75) is 13.2 Å². The van der Waals surface area contributed by atoms with Crippen molar-refractivity contribution in [3.63, 3.8) is 0 Å². The number of rotatable bonds is 9. The van der Waals surface area contributed by atoms with E-state index in [0.717, 1.165) is 83.5 Å². The number of aliphatic hydroxyl groups excluding tert-OH is 2. The summed E-state index contributed by atoms with van der Waals surface area (Å²) in [6, 6.07) is 74.0. The molecule has 2 N–H and O–H groups in total. The number of hydrogen-bond acceptors (Lipinski definition) is 4. The van der Waals surface area contributed by atoms with Gasteiger partial charge in [-0.05, 0) is 192 Å². The molecular formula is C64H46O4. The van der Waals surface area contributed by atoms with Crippen molar-refractivity contribution in [1.29, 1.82) is 0 Å². The molecule has 0 fully saturated rings. The second-order valence-electron chi connectivity index (χ2n) is 17.7. The molecule has 0 aliphatic heterocycles. The summed E-state index contributed by atoms with van der Waals surface area (Å²) in [5, 5.41) is 34.0. The number of benzene rings is 12. The molecule has 0 heterocycles. The minimum atomic E-state index is -0.00725. The Balaban J connectivity index is 1.11. The molecule has 0 atom stereocenters. The van der Waals surface area contributed by atoms with E-state index in [1.54, 1.807) is 14.2 Å². The van der Waals surface area contributed by atoms with Gasteiger partial charge in [0.05, 0.1) is 27.4 Å². The Hall–Kier alpha value is -8.28. The van der Waals surface area contributed by atoms with Crippen molar-refractivity contribution in [2.24, 2.45) is 0 Å². The molecule has 0 bridgehead atoms. The normalized spacial score (nSPS) is 11.6. The molecule has 0 unspecified atom stereocenters. The van der Waals surface area contributed by atoms with Crippen LogP contribution in [0.15, 0.2) is 206 Å². The van der Waals surface area contributed by atoms with Crippen molar-refractivity contribution in [1.82, 2.24) is 0 Å². The van der Waals surface area contributed by atoms with Gasteiger partial charge in [0.15, 0.2) is 0 Å². The fourth-order valence-electron chi connectivity index (χ4n) is 10.4. The van der Waals surface area contributed by atoms with Crippen LogP contribution in [0.5, 0.6) is 11.5 Å². The number of hydrogen-bond donors (Lipinski definition) is 2. The molecule has 0 saturated heterocycles. The minimum Gasteiger partial charge on any atom is -0.497 e. The van der Waals surface area contributed by atoms with Crippen LogP contribution in [0.4, 0.5) is 0 Å². The van der Waals surface area contributed by atoms with E-state index in [2.05, 4.69) is 158 Å². The topological polar surface area (TPSA) is 58.9 Å². The van der Waals surface area contributed by atoms with Crippen molar-refractivity contribution < 1.29 is 19.7 Å². The smallest absolute Gasteiger partial charge is 0.118 e. The Morgan fingerprint density at radius 1 is 0.265 bits per heavy atom. The standard InChI is InChI=1S/C64H46O4/c1-67-47-25-19-43(20-26-47)56-34-64-53-29-23-45(31-59(53)57(42-17-13-40(38-66)14-18-42)35-61(64)52-10-6-4-8-50(52)56)46-24-30-54-60(32-46)58(44-21-27-48(68-2)28-22-44)36-62-51-9-5-3-7-49(51)55(33-63(54)62)41-15-11-39(37-65)12-16-41/h3-36,65-66H,37-38H2,1-2H3. The zero-order valence-corrected chi connectivity index (χ0v) is 37.8. The first-order valence-electron chi connectivity index (χ1n) is 23.0. The third-order valence-electron chi connectivity index (χ3n) is 14.0. The summed E-state index contributed by atoms with van der Waals surface area (Å²) in [6.07, 6.45) is 0. The highest BCUT2D eigenvalue weighted by molar-refractivity contribution is 6.26. The molecule has 0 aromatic heterocycles. The molecule has 4 nitrogen and oxygen atoms in total. The van der Waals surface area contributed by atoms with E-state index < -0.39 is 0 Å². The van der Waals surface area contributed by atoms with Crippen molar-refractivity contribution in [2.75, 3.05) is 14.2 Å². The zero-order valence-electron chi connectivity index (χ0n) is 37.8. The second-order valence-corrected chi connectivity index (χ2v) is 17.7. The van der Waals surface area contributed by atoms with Gasteiger partial charge in [-0.3, -0.25) is 0 Å². The highest BCUT2D eigenvalue weighted by Gasteiger charge is 2.19. The second kappa shape index (κ2) is 16.9. The van der Waals surface area contributed by atoms with Crippen LogP contribution in [0.25, 0.3) is 120 Å². The predicted octanol–water partition coefficient (Wildman–Crippen LogP) is 15.9. The third kappa shape index (κ3) is 6.93. The predicted molar refractivity (Wildman–Crippen MR) is 284 cm³/mol. The quantitative estimate of drug-likeness (QED) is 0.142. The van der Waals surface area contributed by atoms with Gasteiger partial charge in [0.2, 0.25) is 0 Å². The van der Waals surface area contributed by atoms with Crippen LogP contribution in [0.3, 0.4) is 0 Å². The molecule has 0 saturated carbocycles. The Morgan fingerprint density at radius 2 is 0.544 bits per heavy atom. The molecule has 4 heteroatoms. The molecule has 12 rings (SSSR count). The molecule has 0 aliphatic carbocycles. The lowest BCUT2D eigenvalue weighted by Gasteiger charge is -2.18. The van der Waals surface area contributed by atoms with Gasteiger partial charge in [0, 0.05) is 0 Å². The van der Waals surface area contributed by atoms with Crippen LogP contribution in [0.2, 0.25) is 0 Å². The number of fused-ring (bicyclic) bond motifs is 10. The largest absolute Gasteiger partial charge is 0.497 e. The lowest BCUT2D eigenvalue weighted by Crippen LogP contribution is -1.92. The summed E-state index contributed by atoms with van der Waals surface area (Å²) in [5.74, 6) is 1.64. The first kappa shape index (κ1) is 41.2. The summed E-state index contributed by atoms with van der Waals surface area (Å²) in [5.41, 5.74) is 13.1. The van der Waals surface area contributed by atoms with E-state index in [0.29, 0.717) is 0 Å². The highest BCUT2D eigenvalue weighted by Crippen LogP contribution is 2.46. The number of methoxy groups -OCH3 is 2. The first-order valence-corrected chi connectivity index (χ1v) is 23.0. The minimum absolute atomic E-state index is 0.00725. The summed E-state index contributed by atoms with van der Waals surface area (Å²) in [6.45, 7) is 0.00207. The Bertz CT molecular complexity index is 3650. The molecule has 0 spiro atoms. The van der Waals surface area contributed by atoms with Gasteiger partial charge in [0.1, 0.15) is 11.5 Å². The maximum absolute atomic E-state index is 10.0. The average molecular weight is 879 g/mol. The van der Waals surface area contributed by atoms with Crippen molar-refractivity contribution in [3.8, 4) is 67.1 Å². The van der Waals surface area contributed by atoms with Crippen LogP contribution in [0, 0.1) is 0 Å². The Morgan fingerprint density at radius 3 is 0.868 bits per heavy atom. The van der Waals surface area contributed by atoms with Gasteiger partial charge < -0.3 is 19.7 Å². The monoisotopic (exact) mass is 878 g/mol. The van der Waals surface area contributed by atoms with E-state index >= 15 is 0 Å². The highest BCUT2D eigenvalue weighted by atomic mass is 16.5. The SMILES string of the molecule is COc1ccc(-c2cc3c4ccc(-c5ccc6c(c5)c(-c5ccc(OC)cc5)cc5c7ccccc7c(-c7ccc(CO)cc7)cc65)cc4c(-c4ccc(CO)cc4)cc3c3ccccc23)cc1. The summed E-state index contributed by atoms with van der Waals surface area (Å²) >= 11 is 0. The number of aliphatic hydroxyl groups is 2. The van der Waals surface area contributed by atoms with Gasteiger partial charge in [0.25, 0.3) is 0 Å². The van der Waals surface area contributed by atoms with E-state index in [1.807, 2.05) is 48.5 Å². The molecule has 0 radical (unpaired) electrons. The molecule has 0 aliphatic rings. The summed E-state index contributed by atoms with van der Waals surface area (Å²) in [4.78, 5) is 0. The van der Waals surface area contributed by atoms with Crippen LogP contribution in [-0.2, 0) is 13.2 Å². The molecule has 12 aromatic carbocycles. The average Bonchev–Trinajstić information content (AvgIpc) is 3.41. The molecule has 326 valence electrons. The maximum Gasteiger partial charge on any atom is 0.118 e. The summed E-state index contributed by atoms with van der Waals surface area (Å²) in [7, 11) is 3.41. The van der Waals surface area contributed by atoms with Gasteiger partial charge >= 0.3 is 0 Å². The van der Waals surface area contributed by atoms with E-state index in [1.165, 1.54) is 59.4 Å². The lowest BCUT2D eigenvalue weighted by molar-refractivity contribution is 0.281. The number of ether oxygens (including phenoxy) is 2. The van der Waals surface area contributed by atoms with E-state index in [4.69, 9.17) is 9.47 Å². The molecule has 12 aromatic rings. The molecule has 68 heavy (non-hydrogen) atoms. The van der Waals surface area contributed by atoms with Crippen molar-refractivity contribution in [3.05, 3.63) is 217 Å². The third-order valence-corrected chi connectivity index (χ3v) is 14.0. The van der Waals surface area contributed by atoms with E-state index in [-0.39, 0.29) is 13.2 Å². The summed E-state index contributed by atoms with van der Waals surface area (Å²) < 4.78 is 11.1. The Kier molecular flexibility index (Phi) is 10.2. The van der Waals surface area contributed by atoms with Gasteiger partial charge in [-0.1, -0.05) is 146 Å². The van der Waals surface area contributed by atoms with E-state index in [9.17, 15) is 10.2 Å². The van der Waals surface area contributed by atoms with Crippen LogP contribution >= 0.6 is 0 Å². The molecular weight excluding hydrogens is 833 g/mol. The van der Waals surface area contributed by atoms with Gasteiger partial charge in [-0.25, -0.2) is 0 Å². The Labute approximate surface area is 394 Å². The lowest BCUT2D eigenvalue weighted by atomic mass is 9.85. The van der Waals surface area contributed by atoms with Gasteiger partial charge in [-0.2, -0.15) is 0 Å².